The molecule has 3 rings (SSSR count). The van der Waals surface area contributed by atoms with Crippen LogP contribution in [0.4, 0.5) is 4.79 Å². The molecule has 0 spiro atoms. The van der Waals surface area contributed by atoms with Gasteiger partial charge in [-0.1, -0.05) is 54.1 Å². The highest BCUT2D eigenvalue weighted by Crippen LogP contribution is 2.12. The Kier molecular flexibility index (Phi) is 6.71. The van der Waals surface area contributed by atoms with Gasteiger partial charge in [-0.2, -0.15) is 0 Å². The van der Waals surface area contributed by atoms with Crippen LogP contribution in [0.25, 0.3) is 0 Å². The monoisotopic (exact) mass is 385 g/mol. The topological polar surface area (TPSA) is 52.7 Å². The van der Waals surface area contributed by atoms with E-state index in [-0.39, 0.29) is 11.9 Å². The molecule has 1 aliphatic heterocycles. The molecule has 2 aromatic rings. The molecule has 1 aliphatic rings. The van der Waals surface area contributed by atoms with Crippen LogP contribution in [-0.2, 0) is 17.6 Å². The number of nitrogens with one attached hydrogen (secondary N) is 1. The minimum absolute atomic E-state index is 0.0595. The molecule has 0 saturated carbocycles. The molecule has 1 N–H and O–H groups in total. The Bertz CT molecular complexity index is 757. The normalized spacial score (nSPS) is 14.1. The average molecular weight is 386 g/mol. The molecular weight excluding hydrogens is 362 g/mol. The third kappa shape index (κ3) is 5.73. The van der Waals surface area contributed by atoms with Gasteiger partial charge >= 0.3 is 6.03 Å². The zero-order valence-corrected chi connectivity index (χ0v) is 16.0. The molecule has 5 nitrogen and oxygen atoms in total. The summed E-state index contributed by atoms with van der Waals surface area (Å²) < 4.78 is 0. The van der Waals surface area contributed by atoms with Gasteiger partial charge in [0.2, 0.25) is 5.91 Å². The SMILES string of the molecule is O=C(Cc1ccc(Cl)cc1)N1CCN(C(=O)NCCc2ccccc2)CC1. The van der Waals surface area contributed by atoms with Gasteiger partial charge in [-0.05, 0) is 29.7 Å². The molecule has 0 unspecified atom stereocenters. The Morgan fingerprint density at radius 1 is 0.852 bits per heavy atom. The van der Waals surface area contributed by atoms with Gasteiger partial charge in [-0.15, -0.1) is 0 Å². The second-order valence-electron chi connectivity index (χ2n) is 6.64. The molecule has 0 bridgehead atoms. The number of rotatable bonds is 5. The third-order valence-electron chi connectivity index (χ3n) is 4.72. The maximum absolute atomic E-state index is 12.4. The Morgan fingerprint density at radius 3 is 2.15 bits per heavy atom. The van der Waals surface area contributed by atoms with Gasteiger partial charge in [0, 0.05) is 37.7 Å². The van der Waals surface area contributed by atoms with Crippen LogP contribution in [0.15, 0.2) is 54.6 Å². The molecular formula is C21H24ClN3O2. The van der Waals surface area contributed by atoms with Crippen LogP contribution in [0.3, 0.4) is 0 Å². The van der Waals surface area contributed by atoms with Crippen molar-refractivity contribution in [3.05, 3.63) is 70.7 Å². The van der Waals surface area contributed by atoms with Gasteiger partial charge in [-0.25, -0.2) is 4.79 Å². The van der Waals surface area contributed by atoms with Crippen molar-refractivity contribution in [3.8, 4) is 0 Å². The van der Waals surface area contributed by atoms with E-state index in [0.717, 1.165) is 12.0 Å². The molecule has 1 fully saturated rings. The van der Waals surface area contributed by atoms with Crippen molar-refractivity contribution >= 4 is 23.5 Å². The first-order valence-electron chi connectivity index (χ1n) is 9.21. The summed E-state index contributed by atoms with van der Waals surface area (Å²) in [4.78, 5) is 28.3. The predicted octanol–water partition coefficient (Wildman–Crippen LogP) is 2.98. The van der Waals surface area contributed by atoms with Gasteiger partial charge < -0.3 is 15.1 Å². The van der Waals surface area contributed by atoms with E-state index in [1.165, 1.54) is 5.56 Å². The number of amides is 3. The van der Waals surface area contributed by atoms with Crippen LogP contribution in [0.1, 0.15) is 11.1 Å². The largest absolute Gasteiger partial charge is 0.339 e. The Balaban J connectivity index is 1.39. The van der Waals surface area contributed by atoms with E-state index in [0.29, 0.717) is 44.2 Å². The molecule has 1 saturated heterocycles. The number of piperazine rings is 1. The van der Waals surface area contributed by atoms with Gasteiger partial charge in [0.25, 0.3) is 0 Å². The number of hydrogen-bond donors (Lipinski definition) is 1. The zero-order valence-electron chi connectivity index (χ0n) is 15.2. The van der Waals surface area contributed by atoms with Crippen molar-refractivity contribution in [1.82, 2.24) is 15.1 Å². The van der Waals surface area contributed by atoms with Crippen molar-refractivity contribution in [2.45, 2.75) is 12.8 Å². The zero-order chi connectivity index (χ0) is 19.1. The van der Waals surface area contributed by atoms with Crippen molar-refractivity contribution in [2.24, 2.45) is 0 Å². The van der Waals surface area contributed by atoms with E-state index in [4.69, 9.17) is 11.6 Å². The summed E-state index contributed by atoms with van der Waals surface area (Å²) in [5.74, 6) is 0.0847. The summed E-state index contributed by atoms with van der Waals surface area (Å²) >= 11 is 5.87. The molecule has 1 heterocycles. The summed E-state index contributed by atoms with van der Waals surface area (Å²) in [6, 6.07) is 17.4. The van der Waals surface area contributed by atoms with Crippen LogP contribution in [0.5, 0.6) is 0 Å². The number of halogens is 1. The van der Waals surface area contributed by atoms with Crippen molar-refractivity contribution < 1.29 is 9.59 Å². The van der Waals surface area contributed by atoms with E-state index in [9.17, 15) is 9.59 Å². The van der Waals surface area contributed by atoms with Crippen LogP contribution in [0, 0.1) is 0 Å². The first-order chi connectivity index (χ1) is 13.1. The number of hydrogen-bond acceptors (Lipinski definition) is 2. The second kappa shape index (κ2) is 9.42. The van der Waals surface area contributed by atoms with Crippen LogP contribution in [0.2, 0.25) is 5.02 Å². The molecule has 2 aromatic carbocycles. The Labute approximate surface area is 164 Å². The molecule has 142 valence electrons. The van der Waals surface area contributed by atoms with E-state index in [1.54, 1.807) is 17.0 Å². The fraction of sp³-hybridized carbons (Fsp3) is 0.333. The molecule has 0 radical (unpaired) electrons. The highest BCUT2D eigenvalue weighted by atomic mass is 35.5. The number of nitrogens with zero attached hydrogens (tertiary/aromatic N) is 2. The van der Waals surface area contributed by atoms with E-state index in [1.807, 2.05) is 35.2 Å². The van der Waals surface area contributed by atoms with Gasteiger partial charge in [0.15, 0.2) is 0 Å². The summed E-state index contributed by atoms with van der Waals surface area (Å²) in [5, 5.41) is 3.63. The minimum atomic E-state index is -0.0595. The van der Waals surface area contributed by atoms with Crippen LogP contribution >= 0.6 is 11.6 Å². The lowest BCUT2D eigenvalue weighted by Crippen LogP contribution is -2.53. The van der Waals surface area contributed by atoms with Crippen molar-refractivity contribution in [2.75, 3.05) is 32.7 Å². The maximum Gasteiger partial charge on any atom is 0.317 e. The molecule has 27 heavy (non-hydrogen) atoms. The fourth-order valence-corrected chi connectivity index (χ4v) is 3.24. The van der Waals surface area contributed by atoms with E-state index < -0.39 is 0 Å². The van der Waals surface area contributed by atoms with Crippen molar-refractivity contribution in [1.29, 1.82) is 0 Å². The molecule has 0 aromatic heterocycles. The smallest absolute Gasteiger partial charge is 0.317 e. The van der Waals surface area contributed by atoms with Crippen LogP contribution < -0.4 is 5.32 Å². The summed E-state index contributed by atoms with van der Waals surface area (Å²) in [5.41, 5.74) is 2.15. The fourth-order valence-electron chi connectivity index (χ4n) is 3.12. The second-order valence-corrected chi connectivity index (χ2v) is 7.08. The number of carbonyl (C=O) groups excluding carboxylic acids is 2. The highest BCUT2D eigenvalue weighted by molar-refractivity contribution is 6.30. The molecule has 0 atom stereocenters. The lowest BCUT2D eigenvalue weighted by molar-refractivity contribution is -0.131. The first-order valence-corrected chi connectivity index (χ1v) is 9.58. The maximum atomic E-state index is 12.4. The quantitative estimate of drug-likeness (QED) is 0.860. The molecule has 6 heteroatoms. The Hall–Kier alpha value is -2.53. The van der Waals surface area contributed by atoms with Gasteiger partial charge in [0.05, 0.1) is 6.42 Å². The van der Waals surface area contributed by atoms with Crippen LogP contribution in [-0.4, -0.2) is 54.5 Å². The standard InChI is InChI=1S/C21H24ClN3O2/c22-19-8-6-18(7-9-19)16-20(26)24-12-14-25(15-13-24)21(27)23-11-10-17-4-2-1-3-5-17/h1-9H,10-16H2,(H,23,27). The average Bonchev–Trinajstić information content (AvgIpc) is 2.70. The minimum Gasteiger partial charge on any atom is -0.339 e. The van der Waals surface area contributed by atoms with Crippen molar-refractivity contribution in [3.63, 3.8) is 0 Å². The third-order valence-corrected chi connectivity index (χ3v) is 4.97. The summed E-state index contributed by atoms with van der Waals surface area (Å²) in [6.07, 6.45) is 1.17. The Morgan fingerprint density at radius 2 is 1.48 bits per heavy atom. The predicted molar refractivity (Wildman–Crippen MR) is 107 cm³/mol. The first kappa shape index (κ1) is 19.2. The number of benzene rings is 2. The van der Waals surface area contributed by atoms with E-state index in [2.05, 4.69) is 17.4 Å². The number of carbonyl (C=O) groups is 2. The molecule has 0 aliphatic carbocycles. The summed E-state index contributed by atoms with van der Waals surface area (Å²) in [7, 11) is 0. The summed E-state index contributed by atoms with van der Waals surface area (Å²) in [6.45, 7) is 2.86. The van der Waals surface area contributed by atoms with Gasteiger partial charge in [0.1, 0.15) is 0 Å². The lowest BCUT2D eigenvalue weighted by atomic mass is 10.1. The molecule has 3 amide bonds. The highest BCUT2D eigenvalue weighted by Gasteiger charge is 2.23. The van der Waals surface area contributed by atoms with Gasteiger partial charge in [-0.3, -0.25) is 4.79 Å². The van der Waals surface area contributed by atoms with E-state index >= 15 is 0 Å². The lowest BCUT2D eigenvalue weighted by Gasteiger charge is -2.34. The number of urea groups is 1.